The Morgan fingerprint density at radius 1 is 1.45 bits per heavy atom. The number of rotatable bonds is 3. The molecule has 1 amide bonds. The highest BCUT2D eigenvalue weighted by Gasteiger charge is 1.78. The summed E-state index contributed by atoms with van der Waals surface area (Å²) in [4.78, 5) is 9.95. The van der Waals surface area contributed by atoms with Crippen LogP contribution in [0, 0.1) is 0 Å². The number of carbonyl (C=O) groups excluding carboxylic acids is 1. The molecule has 2 N–H and O–H groups in total. The van der Waals surface area contributed by atoms with E-state index in [1.165, 1.54) is 6.08 Å². The lowest BCUT2D eigenvalue weighted by Crippen LogP contribution is -2.13. The third-order valence-corrected chi connectivity index (χ3v) is 0.932. The molecule has 0 saturated carbocycles. The normalized spacial score (nSPS) is 7.55. The maximum Gasteiger partial charge on any atom is 0.243 e. The first-order valence-electron chi connectivity index (χ1n) is 3.77. The molecule has 3 nitrogen and oxygen atoms in total. The highest BCUT2D eigenvalue weighted by atomic mass is 16.1. The molecule has 0 saturated heterocycles. The molecule has 0 aromatic heterocycles. The van der Waals surface area contributed by atoms with E-state index in [0.29, 0.717) is 0 Å². The van der Waals surface area contributed by atoms with Gasteiger partial charge in [0.05, 0.1) is 0 Å². The highest BCUT2D eigenvalue weighted by molar-refractivity contribution is 5.86. The Kier molecular flexibility index (Phi) is 13.9. The van der Waals surface area contributed by atoms with Crippen molar-refractivity contribution in [1.29, 1.82) is 0 Å². The zero-order valence-corrected chi connectivity index (χ0v) is 7.61. The minimum absolute atomic E-state index is 0.144. The molecule has 0 bridgehead atoms. The Morgan fingerprint density at radius 2 is 1.91 bits per heavy atom. The molecule has 0 fully saturated rings. The van der Waals surface area contributed by atoms with Gasteiger partial charge in [-0.25, -0.2) is 0 Å². The van der Waals surface area contributed by atoms with Crippen LogP contribution < -0.4 is 10.6 Å². The molecule has 3 heteroatoms. The van der Waals surface area contributed by atoms with Gasteiger partial charge < -0.3 is 10.6 Å². The van der Waals surface area contributed by atoms with Gasteiger partial charge in [0.25, 0.3) is 0 Å². The second kappa shape index (κ2) is 11.9. The van der Waals surface area contributed by atoms with Crippen molar-refractivity contribution in [2.75, 3.05) is 20.1 Å². The summed E-state index contributed by atoms with van der Waals surface area (Å²) in [6.45, 7) is 9.61. The molecule has 11 heavy (non-hydrogen) atoms. The van der Waals surface area contributed by atoms with E-state index in [1.807, 2.05) is 0 Å². The van der Waals surface area contributed by atoms with E-state index in [-0.39, 0.29) is 5.91 Å². The van der Waals surface area contributed by atoms with Gasteiger partial charge in [-0.1, -0.05) is 20.4 Å². The van der Waals surface area contributed by atoms with Crippen molar-refractivity contribution in [2.24, 2.45) is 0 Å². The molecule has 0 rings (SSSR count). The Bertz CT molecular complexity index is 100. The number of hydrogen-bond donors (Lipinski definition) is 2. The lowest BCUT2D eigenvalue weighted by molar-refractivity contribution is -0.116. The summed E-state index contributed by atoms with van der Waals surface area (Å²) in [5.74, 6) is -0.144. The molecule has 0 aliphatic carbocycles. The van der Waals surface area contributed by atoms with Gasteiger partial charge in [-0.15, -0.1) is 0 Å². The van der Waals surface area contributed by atoms with E-state index < -0.39 is 0 Å². The predicted molar refractivity (Wildman–Crippen MR) is 48.5 cm³/mol. The van der Waals surface area contributed by atoms with Crippen LogP contribution in [0.4, 0.5) is 0 Å². The minimum atomic E-state index is -0.144. The molecule has 0 aromatic carbocycles. The maximum absolute atomic E-state index is 9.95. The summed E-state index contributed by atoms with van der Waals surface area (Å²) in [5, 5.41) is 5.47. The van der Waals surface area contributed by atoms with Crippen LogP contribution in [-0.2, 0) is 4.79 Å². The molecule has 66 valence electrons. The standard InChI is InChI=1S/C4H7NO.C4H11N/c1-3-4(6)5-2;1-3-5-4-2/h3H,1H2,2H3,(H,5,6);5H,3-4H2,1-2H3. The molecule has 0 aliphatic rings. The molecule has 0 aliphatic heterocycles. The second-order valence-corrected chi connectivity index (χ2v) is 1.78. The summed E-state index contributed by atoms with van der Waals surface area (Å²) in [6.07, 6.45) is 1.22. The fraction of sp³-hybridized carbons (Fsp3) is 0.625. The molecule has 0 aromatic rings. The van der Waals surface area contributed by atoms with Gasteiger partial charge in [-0.2, -0.15) is 0 Å². The van der Waals surface area contributed by atoms with Gasteiger partial charge in [0.2, 0.25) is 5.91 Å². The summed E-state index contributed by atoms with van der Waals surface area (Å²) >= 11 is 0. The van der Waals surface area contributed by atoms with E-state index in [0.717, 1.165) is 13.1 Å². The second-order valence-electron chi connectivity index (χ2n) is 1.78. The smallest absolute Gasteiger partial charge is 0.243 e. The van der Waals surface area contributed by atoms with Crippen molar-refractivity contribution in [1.82, 2.24) is 10.6 Å². The number of hydrogen-bond acceptors (Lipinski definition) is 2. The Balaban J connectivity index is 0. The van der Waals surface area contributed by atoms with E-state index in [4.69, 9.17) is 0 Å². The van der Waals surface area contributed by atoms with Crippen molar-refractivity contribution in [3.05, 3.63) is 12.7 Å². The molecular formula is C8H18N2O. The van der Waals surface area contributed by atoms with Crippen molar-refractivity contribution in [3.8, 4) is 0 Å². The van der Waals surface area contributed by atoms with E-state index >= 15 is 0 Å². The van der Waals surface area contributed by atoms with Crippen LogP contribution in [0.25, 0.3) is 0 Å². The maximum atomic E-state index is 9.95. The third-order valence-electron chi connectivity index (χ3n) is 0.932. The lowest BCUT2D eigenvalue weighted by atomic mass is 10.6. The van der Waals surface area contributed by atoms with Crippen LogP contribution in [0.15, 0.2) is 12.7 Å². The van der Waals surface area contributed by atoms with Crippen molar-refractivity contribution in [2.45, 2.75) is 13.8 Å². The van der Waals surface area contributed by atoms with Crippen LogP contribution in [0.5, 0.6) is 0 Å². The van der Waals surface area contributed by atoms with Crippen LogP contribution >= 0.6 is 0 Å². The summed E-state index contributed by atoms with van der Waals surface area (Å²) in [6, 6.07) is 0. The van der Waals surface area contributed by atoms with E-state index in [1.54, 1.807) is 7.05 Å². The summed E-state index contributed by atoms with van der Waals surface area (Å²) < 4.78 is 0. The molecule has 0 spiro atoms. The average molecular weight is 158 g/mol. The minimum Gasteiger partial charge on any atom is -0.356 e. The fourth-order valence-corrected chi connectivity index (χ4v) is 0.352. The van der Waals surface area contributed by atoms with Gasteiger partial charge in [0, 0.05) is 7.05 Å². The van der Waals surface area contributed by atoms with Crippen LogP contribution in [0.1, 0.15) is 13.8 Å². The predicted octanol–water partition coefficient (Wildman–Crippen LogP) is 0.534. The lowest BCUT2D eigenvalue weighted by Gasteiger charge is -1.86. The largest absolute Gasteiger partial charge is 0.356 e. The van der Waals surface area contributed by atoms with Crippen molar-refractivity contribution in [3.63, 3.8) is 0 Å². The number of carbonyl (C=O) groups is 1. The summed E-state index contributed by atoms with van der Waals surface area (Å²) in [7, 11) is 1.56. The monoisotopic (exact) mass is 158 g/mol. The van der Waals surface area contributed by atoms with Gasteiger partial charge in [-0.05, 0) is 19.2 Å². The zero-order chi connectivity index (χ0) is 9.11. The van der Waals surface area contributed by atoms with E-state index in [9.17, 15) is 4.79 Å². The van der Waals surface area contributed by atoms with Gasteiger partial charge in [-0.3, -0.25) is 4.79 Å². The summed E-state index contributed by atoms with van der Waals surface area (Å²) in [5.41, 5.74) is 0. The molecule has 0 unspecified atom stereocenters. The first kappa shape index (κ1) is 12.8. The molecule has 0 radical (unpaired) electrons. The highest BCUT2D eigenvalue weighted by Crippen LogP contribution is 1.56. The van der Waals surface area contributed by atoms with Gasteiger partial charge in [0.15, 0.2) is 0 Å². The van der Waals surface area contributed by atoms with Crippen LogP contribution in [-0.4, -0.2) is 26.0 Å². The Hall–Kier alpha value is -0.830. The number of amides is 1. The zero-order valence-electron chi connectivity index (χ0n) is 7.61. The van der Waals surface area contributed by atoms with Crippen molar-refractivity contribution >= 4 is 5.91 Å². The van der Waals surface area contributed by atoms with Crippen LogP contribution in [0.3, 0.4) is 0 Å². The van der Waals surface area contributed by atoms with Gasteiger partial charge >= 0.3 is 0 Å². The van der Waals surface area contributed by atoms with Crippen LogP contribution in [0.2, 0.25) is 0 Å². The van der Waals surface area contributed by atoms with Gasteiger partial charge in [0.1, 0.15) is 0 Å². The number of likely N-dealkylation sites (N-methyl/N-ethyl adjacent to an activating group) is 1. The first-order chi connectivity index (χ1) is 5.22. The van der Waals surface area contributed by atoms with Crippen molar-refractivity contribution < 1.29 is 4.79 Å². The molecular weight excluding hydrogens is 140 g/mol. The third kappa shape index (κ3) is 17.6. The Labute approximate surface area is 68.9 Å². The topological polar surface area (TPSA) is 41.1 Å². The molecule has 0 heterocycles. The Morgan fingerprint density at radius 3 is 1.91 bits per heavy atom. The quantitative estimate of drug-likeness (QED) is 0.588. The SMILES string of the molecule is C=CC(=O)NC.CCNCC. The number of nitrogens with one attached hydrogen (secondary N) is 2. The van der Waals surface area contributed by atoms with E-state index in [2.05, 4.69) is 31.1 Å². The molecule has 0 atom stereocenters. The fourth-order valence-electron chi connectivity index (χ4n) is 0.352. The first-order valence-corrected chi connectivity index (χ1v) is 3.77. The average Bonchev–Trinajstić information content (AvgIpc) is 2.06.